The van der Waals surface area contributed by atoms with Crippen LogP contribution in [0.1, 0.15) is 23.0 Å². The van der Waals surface area contributed by atoms with Crippen molar-refractivity contribution in [1.29, 1.82) is 0 Å². The Balaban J connectivity index is 2.78. The summed E-state index contributed by atoms with van der Waals surface area (Å²) in [6, 6.07) is 2.93. The summed E-state index contributed by atoms with van der Waals surface area (Å²) in [5.74, 6) is -1.39. The number of ether oxygens (including phenoxy) is 2. The van der Waals surface area contributed by atoms with E-state index in [0.717, 1.165) is 0 Å². The number of nitrogens with zero attached hydrogens (tertiary/aromatic N) is 2. The molecule has 0 bridgehead atoms. The topological polar surface area (TPSA) is 61.3 Å². The van der Waals surface area contributed by atoms with E-state index in [1.165, 1.54) is 38.1 Å². The van der Waals surface area contributed by atoms with E-state index in [0.29, 0.717) is 10.6 Å². The third-order valence-corrected chi connectivity index (χ3v) is 4.31. The van der Waals surface area contributed by atoms with Gasteiger partial charge < -0.3 is 9.47 Å². The Morgan fingerprint density at radius 3 is 2.60 bits per heavy atom. The fourth-order valence-electron chi connectivity index (χ4n) is 2.19. The van der Waals surface area contributed by atoms with Crippen molar-refractivity contribution in [2.75, 3.05) is 20.5 Å². The summed E-state index contributed by atoms with van der Waals surface area (Å²) in [5, 5.41) is 0.657. The molecule has 1 aromatic heterocycles. The van der Waals surface area contributed by atoms with Crippen molar-refractivity contribution in [1.82, 2.24) is 9.97 Å². The first kappa shape index (κ1) is 19.2. The van der Waals surface area contributed by atoms with Crippen molar-refractivity contribution < 1.29 is 18.7 Å². The predicted octanol–water partition coefficient (Wildman–Crippen LogP) is 4.49. The van der Waals surface area contributed by atoms with Crippen LogP contribution in [-0.2, 0) is 4.74 Å². The van der Waals surface area contributed by atoms with Crippen molar-refractivity contribution in [2.45, 2.75) is 11.9 Å². The summed E-state index contributed by atoms with van der Waals surface area (Å²) in [4.78, 5) is 20.7. The number of halogens is 2. The summed E-state index contributed by atoms with van der Waals surface area (Å²) in [5.41, 5.74) is 0.656. The standard InChI is InChI=1S/C17H16ClFN2O3S/c1-5-6-10-13(17(22)24-3)20-15(21-16(10)25-4)9-7-8-11(18)14(23-2)12(9)19/h5-8H,1-4H3/b6-5-. The van der Waals surface area contributed by atoms with Gasteiger partial charge in [0.1, 0.15) is 5.03 Å². The zero-order valence-corrected chi connectivity index (χ0v) is 15.7. The fraction of sp³-hybridized carbons (Fsp3) is 0.235. The number of methoxy groups -OCH3 is 2. The summed E-state index contributed by atoms with van der Waals surface area (Å²) < 4.78 is 24.5. The molecule has 0 aliphatic heterocycles. The molecule has 0 amide bonds. The van der Waals surface area contributed by atoms with E-state index >= 15 is 0 Å². The molecule has 5 nitrogen and oxygen atoms in total. The maximum absolute atomic E-state index is 14.7. The van der Waals surface area contributed by atoms with Crippen molar-refractivity contribution in [3.05, 3.63) is 40.3 Å². The molecule has 25 heavy (non-hydrogen) atoms. The van der Waals surface area contributed by atoms with Crippen molar-refractivity contribution in [3.63, 3.8) is 0 Å². The average molecular weight is 383 g/mol. The van der Waals surface area contributed by atoms with Crippen molar-refractivity contribution in [3.8, 4) is 17.1 Å². The molecule has 0 atom stereocenters. The van der Waals surface area contributed by atoms with Crippen LogP contribution in [0.5, 0.6) is 5.75 Å². The second-order valence-electron chi connectivity index (χ2n) is 4.75. The molecule has 2 rings (SSSR count). The normalized spacial score (nSPS) is 11.0. The van der Waals surface area contributed by atoms with Crippen LogP contribution in [0.25, 0.3) is 17.5 Å². The fourth-order valence-corrected chi connectivity index (χ4v) is 2.97. The Morgan fingerprint density at radius 1 is 1.32 bits per heavy atom. The number of hydrogen-bond acceptors (Lipinski definition) is 6. The summed E-state index contributed by atoms with van der Waals surface area (Å²) >= 11 is 7.24. The maximum Gasteiger partial charge on any atom is 0.357 e. The lowest BCUT2D eigenvalue weighted by molar-refractivity contribution is 0.0593. The smallest absolute Gasteiger partial charge is 0.357 e. The Bertz CT molecular complexity index is 843. The van der Waals surface area contributed by atoms with E-state index < -0.39 is 11.8 Å². The highest BCUT2D eigenvalue weighted by atomic mass is 35.5. The summed E-state index contributed by atoms with van der Waals surface area (Å²) in [7, 11) is 2.57. The van der Waals surface area contributed by atoms with Crippen LogP contribution in [0.3, 0.4) is 0 Å². The van der Waals surface area contributed by atoms with Gasteiger partial charge in [-0.25, -0.2) is 19.2 Å². The minimum atomic E-state index is -0.698. The Kier molecular flexibility index (Phi) is 6.39. The zero-order valence-electron chi connectivity index (χ0n) is 14.1. The monoisotopic (exact) mass is 382 g/mol. The number of rotatable bonds is 5. The third-order valence-electron chi connectivity index (χ3n) is 3.31. The minimum absolute atomic E-state index is 0.0467. The molecule has 8 heteroatoms. The van der Waals surface area contributed by atoms with E-state index in [2.05, 4.69) is 9.97 Å². The van der Waals surface area contributed by atoms with Gasteiger partial charge >= 0.3 is 5.97 Å². The van der Waals surface area contributed by atoms with Crippen molar-refractivity contribution >= 4 is 35.4 Å². The Hall–Kier alpha value is -2.12. The van der Waals surface area contributed by atoms with Crippen LogP contribution in [0, 0.1) is 5.82 Å². The van der Waals surface area contributed by atoms with Crippen LogP contribution >= 0.6 is 23.4 Å². The lowest BCUT2D eigenvalue weighted by Gasteiger charge is -2.12. The SMILES string of the molecule is C/C=C\c1c(SC)nc(-c2ccc(Cl)c(OC)c2F)nc1C(=O)OC. The highest BCUT2D eigenvalue weighted by Crippen LogP contribution is 2.35. The minimum Gasteiger partial charge on any atom is -0.492 e. The number of carbonyl (C=O) groups excluding carboxylic acids is 1. The molecule has 132 valence electrons. The number of esters is 1. The number of hydrogen-bond donors (Lipinski definition) is 0. The number of benzene rings is 1. The number of thioether (sulfide) groups is 1. The average Bonchev–Trinajstić information content (AvgIpc) is 2.62. The van der Waals surface area contributed by atoms with Crippen LogP contribution in [-0.4, -0.2) is 36.4 Å². The summed E-state index contributed by atoms with van der Waals surface area (Å²) in [6.45, 7) is 1.81. The van der Waals surface area contributed by atoms with Crippen molar-refractivity contribution in [2.24, 2.45) is 0 Å². The molecule has 0 saturated heterocycles. The maximum atomic E-state index is 14.7. The van der Waals surface area contributed by atoms with Gasteiger partial charge in [-0.15, -0.1) is 11.8 Å². The Labute approximate surface area is 154 Å². The van der Waals surface area contributed by atoms with E-state index in [4.69, 9.17) is 21.1 Å². The van der Waals surface area contributed by atoms with Gasteiger partial charge in [-0.1, -0.05) is 23.8 Å². The quantitative estimate of drug-likeness (QED) is 0.431. The molecule has 0 aliphatic rings. The molecule has 0 unspecified atom stereocenters. The van der Waals surface area contributed by atoms with Crippen LogP contribution < -0.4 is 4.74 Å². The van der Waals surface area contributed by atoms with E-state index in [1.807, 2.05) is 6.92 Å². The largest absolute Gasteiger partial charge is 0.492 e. The van der Waals surface area contributed by atoms with Gasteiger partial charge in [0, 0.05) is 5.56 Å². The van der Waals surface area contributed by atoms with E-state index in [9.17, 15) is 9.18 Å². The van der Waals surface area contributed by atoms with Gasteiger partial charge in [-0.3, -0.25) is 0 Å². The molecule has 0 aliphatic carbocycles. The first-order valence-corrected chi connectivity index (χ1v) is 8.78. The van der Waals surface area contributed by atoms with Gasteiger partial charge in [0.2, 0.25) is 0 Å². The molecule has 1 aromatic carbocycles. The lowest BCUT2D eigenvalue weighted by atomic mass is 10.1. The van der Waals surface area contributed by atoms with E-state index in [1.54, 1.807) is 18.4 Å². The molecule has 1 heterocycles. The lowest BCUT2D eigenvalue weighted by Crippen LogP contribution is -2.11. The molecule has 0 N–H and O–H groups in total. The second kappa shape index (κ2) is 8.31. The predicted molar refractivity (Wildman–Crippen MR) is 96.8 cm³/mol. The molecule has 0 radical (unpaired) electrons. The molecule has 0 saturated carbocycles. The van der Waals surface area contributed by atoms with Gasteiger partial charge in [0.25, 0.3) is 0 Å². The molecular formula is C17H16ClFN2O3S. The third kappa shape index (κ3) is 3.77. The first-order chi connectivity index (χ1) is 12.0. The number of allylic oxidation sites excluding steroid dienone is 1. The Morgan fingerprint density at radius 2 is 2.04 bits per heavy atom. The number of aromatic nitrogens is 2. The van der Waals surface area contributed by atoms with Gasteiger partial charge in [0.15, 0.2) is 23.1 Å². The number of carbonyl (C=O) groups is 1. The van der Waals surface area contributed by atoms with Gasteiger partial charge in [0.05, 0.1) is 24.8 Å². The highest BCUT2D eigenvalue weighted by Gasteiger charge is 2.22. The van der Waals surface area contributed by atoms with Gasteiger partial charge in [-0.2, -0.15) is 0 Å². The van der Waals surface area contributed by atoms with Crippen LogP contribution in [0.2, 0.25) is 5.02 Å². The molecular weight excluding hydrogens is 367 g/mol. The van der Waals surface area contributed by atoms with Gasteiger partial charge in [-0.05, 0) is 25.3 Å². The molecule has 0 spiro atoms. The summed E-state index contributed by atoms with van der Waals surface area (Å²) in [6.07, 6.45) is 5.27. The molecule has 0 fully saturated rings. The second-order valence-corrected chi connectivity index (χ2v) is 5.95. The van der Waals surface area contributed by atoms with E-state index in [-0.39, 0.29) is 27.9 Å². The molecule has 2 aromatic rings. The van der Waals surface area contributed by atoms with Crippen LogP contribution in [0.15, 0.2) is 23.2 Å². The first-order valence-electron chi connectivity index (χ1n) is 7.17. The highest BCUT2D eigenvalue weighted by molar-refractivity contribution is 7.98. The zero-order chi connectivity index (χ0) is 18.6. The van der Waals surface area contributed by atoms with Crippen LogP contribution in [0.4, 0.5) is 4.39 Å².